The first-order chi connectivity index (χ1) is 7.56. The van der Waals surface area contributed by atoms with E-state index >= 15 is 0 Å². The van der Waals surface area contributed by atoms with Crippen molar-refractivity contribution in [2.45, 2.75) is 33.1 Å². The second-order valence-corrected chi connectivity index (χ2v) is 4.37. The molecule has 0 unspecified atom stereocenters. The summed E-state index contributed by atoms with van der Waals surface area (Å²) in [4.78, 5) is 22.9. The zero-order chi connectivity index (χ0) is 11.7. The van der Waals surface area contributed by atoms with Crippen molar-refractivity contribution in [3.8, 4) is 0 Å². The summed E-state index contributed by atoms with van der Waals surface area (Å²) >= 11 is 0. The minimum Gasteiger partial charge on any atom is -0.340 e. The van der Waals surface area contributed by atoms with E-state index in [2.05, 4.69) is 28.8 Å². The number of carbonyl (C=O) groups is 1. The average molecular weight is 217 g/mol. The molecule has 0 spiro atoms. The number of H-pyrrole nitrogens is 1. The Labute approximate surface area is 94.1 Å². The predicted molar refractivity (Wildman–Crippen MR) is 62.4 cm³/mol. The molecule has 2 aromatic rings. The molecule has 84 valence electrons. The van der Waals surface area contributed by atoms with Gasteiger partial charge in [-0.15, -0.1) is 0 Å². The number of nitrogens with zero attached hydrogens (tertiary/aromatic N) is 2. The minimum atomic E-state index is 0.143. The minimum absolute atomic E-state index is 0.143. The SMILES string of the molecule is CC(=O)Cc1cnc2nc(C(C)C)[nH]c2c1. The van der Waals surface area contributed by atoms with Crippen LogP contribution in [-0.4, -0.2) is 20.7 Å². The highest BCUT2D eigenvalue weighted by atomic mass is 16.1. The fourth-order valence-electron chi connectivity index (χ4n) is 1.62. The van der Waals surface area contributed by atoms with Crippen LogP contribution in [0.25, 0.3) is 11.2 Å². The van der Waals surface area contributed by atoms with Gasteiger partial charge in [-0.05, 0) is 18.6 Å². The molecule has 0 atom stereocenters. The normalized spacial score (nSPS) is 11.2. The van der Waals surface area contributed by atoms with Crippen LogP contribution in [0.1, 0.15) is 38.1 Å². The van der Waals surface area contributed by atoms with Crippen molar-refractivity contribution < 1.29 is 4.79 Å². The van der Waals surface area contributed by atoms with E-state index < -0.39 is 0 Å². The Morgan fingerprint density at radius 3 is 2.88 bits per heavy atom. The molecule has 4 heteroatoms. The fraction of sp³-hybridized carbons (Fsp3) is 0.417. The zero-order valence-corrected chi connectivity index (χ0v) is 9.74. The number of rotatable bonds is 3. The number of fused-ring (bicyclic) bond motifs is 1. The molecule has 0 amide bonds. The van der Waals surface area contributed by atoms with E-state index in [-0.39, 0.29) is 5.78 Å². The van der Waals surface area contributed by atoms with Crippen molar-refractivity contribution in [1.29, 1.82) is 0 Å². The lowest BCUT2D eigenvalue weighted by atomic mass is 10.1. The summed E-state index contributed by atoms with van der Waals surface area (Å²) in [5.74, 6) is 1.43. The first-order valence-electron chi connectivity index (χ1n) is 5.40. The molecule has 0 saturated heterocycles. The Bertz CT molecular complexity index is 528. The van der Waals surface area contributed by atoms with Crippen molar-refractivity contribution in [2.75, 3.05) is 0 Å². The maximum Gasteiger partial charge on any atom is 0.177 e. The second-order valence-electron chi connectivity index (χ2n) is 4.37. The van der Waals surface area contributed by atoms with E-state index in [0.717, 1.165) is 22.6 Å². The molecule has 0 aliphatic rings. The summed E-state index contributed by atoms with van der Waals surface area (Å²) in [7, 11) is 0. The van der Waals surface area contributed by atoms with E-state index in [0.29, 0.717) is 12.3 Å². The Balaban J connectivity index is 2.41. The van der Waals surface area contributed by atoms with Gasteiger partial charge in [0, 0.05) is 18.5 Å². The fourth-order valence-corrected chi connectivity index (χ4v) is 1.62. The summed E-state index contributed by atoms with van der Waals surface area (Å²) in [6.45, 7) is 5.74. The van der Waals surface area contributed by atoms with Gasteiger partial charge in [-0.3, -0.25) is 4.79 Å². The number of pyridine rings is 1. The molecular weight excluding hydrogens is 202 g/mol. The summed E-state index contributed by atoms with van der Waals surface area (Å²) in [6, 6.07) is 1.95. The van der Waals surface area contributed by atoms with Crippen LogP contribution in [0.15, 0.2) is 12.3 Å². The molecule has 0 aliphatic heterocycles. The van der Waals surface area contributed by atoms with Gasteiger partial charge < -0.3 is 4.98 Å². The molecule has 0 radical (unpaired) electrons. The molecule has 2 rings (SSSR count). The van der Waals surface area contributed by atoms with E-state index in [4.69, 9.17) is 0 Å². The molecule has 2 heterocycles. The Hall–Kier alpha value is -1.71. The lowest BCUT2D eigenvalue weighted by molar-refractivity contribution is -0.116. The van der Waals surface area contributed by atoms with Crippen molar-refractivity contribution in [1.82, 2.24) is 15.0 Å². The largest absolute Gasteiger partial charge is 0.340 e. The monoisotopic (exact) mass is 217 g/mol. The molecule has 0 aromatic carbocycles. The Morgan fingerprint density at radius 2 is 2.25 bits per heavy atom. The molecule has 1 N–H and O–H groups in total. The smallest absolute Gasteiger partial charge is 0.177 e. The van der Waals surface area contributed by atoms with Gasteiger partial charge >= 0.3 is 0 Å². The van der Waals surface area contributed by atoms with Crippen LogP contribution in [0.5, 0.6) is 0 Å². The molecule has 0 aliphatic carbocycles. The molecule has 4 nitrogen and oxygen atoms in total. The van der Waals surface area contributed by atoms with Crippen LogP contribution in [0.2, 0.25) is 0 Å². The van der Waals surface area contributed by atoms with Crippen LogP contribution >= 0.6 is 0 Å². The van der Waals surface area contributed by atoms with Crippen LogP contribution < -0.4 is 0 Å². The van der Waals surface area contributed by atoms with Gasteiger partial charge in [0.05, 0.1) is 5.52 Å². The molecular formula is C12H15N3O. The van der Waals surface area contributed by atoms with Crippen LogP contribution in [0.4, 0.5) is 0 Å². The number of aromatic amines is 1. The quantitative estimate of drug-likeness (QED) is 0.857. The van der Waals surface area contributed by atoms with Crippen molar-refractivity contribution in [3.05, 3.63) is 23.7 Å². The maximum absolute atomic E-state index is 11.0. The van der Waals surface area contributed by atoms with Gasteiger partial charge in [-0.1, -0.05) is 13.8 Å². The maximum atomic E-state index is 11.0. The lowest BCUT2D eigenvalue weighted by Crippen LogP contribution is -1.96. The molecule has 0 saturated carbocycles. The summed E-state index contributed by atoms with van der Waals surface area (Å²) < 4.78 is 0. The molecule has 2 aromatic heterocycles. The van der Waals surface area contributed by atoms with E-state index in [1.54, 1.807) is 13.1 Å². The highest BCUT2D eigenvalue weighted by Crippen LogP contribution is 2.16. The van der Waals surface area contributed by atoms with Gasteiger partial charge in [-0.25, -0.2) is 9.97 Å². The topological polar surface area (TPSA) is 58.6 Å². The molecule has 0 fully saturated rings. The number of hydrogen-bond acceptors (Lipinski definition) is 3. The first-order valence-corrected chi connectivity index (χ1v) is 5.40. The van der Waals surface area contributed by atoms with E-state index in [9.17, 15) is 4.79 Å². The first kappa shape index (κ1) is 10.8. The van der Waals surface area contributed by atoms with Gasteiger partial charge in [0.2, 0.25) is 0 Å². The number of imidazole rings is 1. The van der Waals surface area contributed by atoms with Crippen LogP contribution in [0.3, 0.4) is 0 Å². The van der Waals surface area contributed by atoms with Gasteiger partial charge in [0.25, 0.3) is 0 Å². The van der Waals surface area contributed by atoms with Gasteiger partial charge in [0.15, 0.2) is 5.65 Å². The zero-order valence-electron chi connectivity index (χ0n) is 9.74. The summed E-state index contributed by atoms with van der Waals surface area (Å²) in [6.07, 6.45) is 2.15. The third-order valence-electron chi connectivity index (χ3n) is 2.41. The van der Waals surface area contributed by atoms with Gasteiger partial charge in [0.1, 0.15) is 11.6 Å². The number of Topliss-reactive ketones (excluding diaryl/α,β-unsaturated/α-hetero) is 1. The third-order valence-corrected chi connectivity index (χ3v) is 2.41. The van der Waals surface area contributed by atoms with Crippen molar-refractivity contribution >= 4 is 16.9 Å². The van der Waals surface area contributed by atoms with Crippen LogP contribution in [0, 0.1) is 0 Å². The average Bonchev–Trinajstić information content (AvgIpc) is 2.59. The third kappa shape index (κ3) is 2.10. The van der Waals surface area contributed by atoms with Gasteiger partial charge in [-0.2, -0.15) is 0 Å². The highest BCUT2D eigenvalue weighted by molar-refractivity contribution is 5.80. The molecule has 16 heavy (non-hydrogen) atoms. The number of nitrogens with one attached hydrogen (secondary N) is 1. The molecule has 0 bridgehead atoms. The summed E-state index contributed by atoms with van der Waals surface area (Å²) in [5, 5.41) is 0. The number of hydrogen-bond donors (Lipinski definition) is 1. The standard InChI is InChI=1S/C12H15N3O/c1-7(2)11-14-10-5-9(4-8(3)16)6-13-12(10)15-11/h5-7H,4H2,1-3H3,(H,13,14,15). The highest BCUT2D eigenvalue weighted by Gasteiger charge is 2.08. The second kappa shape index (κ2) is 4.04. The Morgan fingerprint density at radius 1 is 1.50 bits per heavy atom. The number of aromatic nitrogens is 3. The number of ketones is 1. The Kier molecular flexibility index (Phi) is 2.73. The number of carbonyl (C=O) groups excluding carboxylic acids is 1. The van der Waals surface area contributed by atoms with E-state index in [1.807, 2.05) is 6.07 Å². The van der Waals surface area contributed by atoms with Crippen LogP contribution in [-0.2, 0) is 11.2 Å². The predicted octanol–water partition coefficient (Wildman–Crippen LogP) is 2.21. The van der Waals surface area contributed by atoms with Crippen molar-refractivity contribution in [3.63, 3.8) is 0 Å². The van der Waals surface area contributed by atoms with E-state index in [1.165, 1.54) is 0 Å². The lowest BCUT2D eigenvalue weighted by Gasteiger charge is -1.96. The summed E-state index contributed by atoms with van der Waals surface area (Å²) in [5.41, 5.74) is 2.55. The van der Waals surface area contributed by atoms with Crippen molar-refractivity contribution in [2.24, 2.45) is 0 Å².